The molecule has 4 aliphatic rings. The number of halogens is 3. The number of carbonyl (C=O) groups is 8. The van der Waals surface area contributed by atoms with Gasteiger partial charge in [0.1, 0.15) is 53.8 Å². The molecule has 0 spiro atoms. The first-order valence-electron chi connectivity index (χ1n) is 31.0. The van der Waals surface area contributed by atoms with Crippen molar-refractivity contribution in [3.8, 4) is 11.8 Å². The van der Waals surface area contributed by atoms with E-state index in [9.17, 15) is 38.8 Å². The van der Waals surface area contributed by atoms with Crippen molar-refractivity contribution in [1.29, 1.82) is 5.26 Å². The molecule has 4 amide bonds. The average molecular weight is 1320 g/mol. The average Bonchev–Trinajstić information content (AvgIpc) is 1.16. The third-order valence-electron chi connectivity index (χ3n) is 16.4. The van der Waals surface area contributed by atoms with Crippen molar-refractivity contribution in [2.24, 2.45) is 18.9 Å². The summed E-state index contributed by atoms with van der Waals surface area (Å²) in [6.45, 7) is 17.2. The van der Waals surface area contributed by atoms with Crippen LogP contribution in [-0.2, 0) is 90.6 Å². The van der Waals surface area contributed by atoms with Crippen molar-refractivity contribution < 1.29 is 93.9 Å². The van der Waals surface area contributed by atoms with E-state index in [4.69, 9.17) is 42.9 Å². The van der Waals surface area contributed by atoms with E-state index in [2.05, 4.69) is 33.8 Å². The van der Waals surface area contributed by atoms with E-state index < -0.39 is 113 Å². The molecule has 5 heterocycles. The number of esters is 4. The molecule has 3 fully saturated rings. The highest BCUT2D eigenvalue weighted by Crippen LogP contribution is 2.53. The third kappa shape index (κ3) is 16.7. The number of benzene rings is 2. The molecule has 2 saturated heterocycles. The van der Waals surface area contributed by atoms with Crippen molar-refractivity contribution in [1.82, 2.24) is 30.4 Å². The number of likely N-dealkylation sites (tertiary alicyclic amines) is 1. The van der Waals surface area contributed by atoms with E-state index in [1.54, 1.807) is 77.7 Å². The minimum absolute atomic E-state index is 0.00250. The maximum Gasteiger partial charge on any atom is 0.416 e. The molecule has 7 atom stereocenters. The smallest absolute Gasteiger partial charge is 0.416 e. The molecule has 94 heavy (non-hydrogen) atoms. The number of nitriles is 1. The molecule has 1 unspecified atom stereocenters. The van der Waals surface area contributed by atoms with Crippen LogP contribution in [0.5, 0.6) is 5.75 Å². The van der Waals surface area contributed by atoms with E-state index in [0.717, 1.165) is 45.3 Å². The number of alkyl carbamates (subject to hydrolysis) is 1. The van der Waals surface area contributed by atoms with Gasteiger partial charge in [0.05, 0.1) is 55.8 Å². The number of rotatable bonds is 20. The number of nitrogens with zero attached hydrogens (tertiary/aromatic N) is 8. The van der Waals surface area contributed by atoms with E-state index >= 15 is 18.0 Å². The fraction of sp³-hybridized carbons (Fsp3) is 0.569. The Morgan fingerprint density at radius 2 is 1.49 bits per heavy atom. The molecule has 29 heteroatoms. The summed E-state index contributed by atoms with van der Waals surface area (Å²) >= 11 is 0. The number of methoxy groups -OCH3 is 1. The van der Waals surface area contributed by atoms with Crippen LogP contribution in [0, 0.1) is 23.2 Å². The highest BCUT2D eigenvalue weighted by atomic mass is 19.4. The minimum Gasteiger partial charge on any atom is -0.467 e. The SMILES string of the molecule is COC(=O)[C@H]1O[C@@H](Oc2ccc(C[N+]3(Cc4cc5c(c(C(F)(F)F)c4)CN(c4cc(C6(c7nncn7C)CC(C)C6)cc(N(CCC#N)C(=O)OC(C)(C)C)n4)C5=O)CCC[C@H](C)C3)cc2C(=O)NCCNC(=O)OC(C)(C)C)[C@H](OC(C)=O)[C@@H](OC(C)=O)[C@@H]1OC(C)=O. The van der Waals surface area contributed by atoms with Crippen LogP contribution in [0.2, 0.25) is 0 Å². The van der Waals surface area contributed by atoms with Crippen LogP contribution in [0.3, 0.4) is 0 Å². The molecule has 8 rings (SSSR count). The number of alkyl halides is 3. The molecule has 2 aromatic carbocycles. The van der Waals surface area contributed by atoms with Crippen LogP contribution >= 0.6 is 0 Å². The number of nitrogens with one attached hydrogen (secondary N) is 2. The number of carbonyl (C=O) groups excluding carboxylic acids is 8. The number of fused-ring (bicyclic) bond motifs is 1. The number of ether oxygens (including phenoxy) is 8. The van der Waals surface area contributed by atoms with E-state index in [1.165, 1.54) is 23.1 Å². The second-order valence-corrected chi connectivity index (χ2v) is 26.6. The minimum atomic E-state index is -4.97. The largest absolute Gasteiger partial charge is 0.467 e. The van der Waals surface area contributed by atoms with E-state index in [0.29, 0.717) is 49.3 Å². The number of anilines is 2. The van der Waals surface area contributed by atoms with Crippen LogP contribution in [-0.4, -0.2) is 154 Å². The van der Waals surface area contributed by atoms with Gasteiger partial charge in [0, 0.05) is 70.1 Å². The second-order valence-electron chi connectivity index (χ2n) is 26.6. The first-order chi connectivity index (χ1) is 44.0. The van der Waals surface area contributed by atoms with E-state index in [1.807, 2.05) is 6.92 Å². The fourth-order valence-corrected chi connectivity index (χ4v) is 13.0. The summed E-state index contributed by atoms with van der Waals surface area (Å²) in [5.41, 5.74) is -3.11. The predicted molar refractivity (Wildman–Crippen MR) is 327 cm³/mol. The third-order valence-corrected chi connectivity index (χ3v) is 16.4. The first-order valence-corrected chi connectivity index (χ1v) is 31.0. The van der Waals surface area contributed by atoms with Gasteiger partial charge in [-0.05, 0) is 127 Å². The lowest BCUT2D eigenvalue weighted by Gasteiger charge is -2.46. The molecule has 2 N–H and O–H groups in total. The molecule has 26 nitrogen and oxygen atoms in total. The van der Waals surface area contributed by atoms with Crippen LogP contribution in [0.25, 0.3) is 0 Å². The highest BCUT2D eigenvalue weighted by molar-refractivity contribution is 6.10. The van der Waals surface area contributed by atoms with Crippen molar-refractivity contribution in [2.45, 2.75) is 181 Å². The van der Waals surface area contributed by atoms with Gasteiger partial charge >= 0.3 is 42.2 Å². The molecule has 0 radical (unpaired) electrons. The molecule has 508 valence electrons. The molecular formula is C65H82F3N10O16+. The Balaban J connectivity index is 1.19. The van der Waals surface area contributed by atoms with E-state index in [-0.39, 0.29) is 95.1 Å². The van der Waals surface area contributed by atoms with Crippen LogP contribution in [0.15, 0.2) is 48.8 Å². The van der Waals surface area contributed by atoms with Gasteiger partial charge in [-0.3, -0.25) is 33.8 Å². The van der Waals surface area contributed by atoms with Gasteiger partial charge in [-0.25, -0.2) is 19.4 Å². The zero-order chi connectivity index (χ0) is 69.0. The topological polar surface area (TPSA) is 308 Å². The molecule has 2 aromatic heterocycles. The van der Waals surface area contributed by atoms with Gasteiger partial charge in [-0.15, -0.1) is 10.2 Å². The van der Waals surface area contributed by atoms with Crippen LogP contribution < -0.4 is 25.2 Å². The quantitative estimate of drug-likeness (QED) is 0.0366. The van der Waals surface area contributed by atoms with Gasteiger partial charge in [0.15, 0.2) is 18.3 Å². The number of pyridine rings is 1. The van der Waals surface area contributed by atoms with Gasteiger partial charge in [0.2, 0.25) is 12.4 Å². The van der Waals surface area contributed by atoms with Crippen LogP contribution in [0.1, 0.15) is 163 Å². The summed E-state index contributed by atoms with van der Waals surface area (Å²) in [5.74, 6) is -4.97. The molecule has 1 aliphatic carbocycles. The molecule has 1 saturated carbocycles. The van der Waals surface area contributed by atoms with Gasteiger partial charge < -0.3 is 57.6 Å². The molecule has 3 aliphatic heterocycles. The summed E-state index contributed by atoms with van der Waals surface area (Å²) < 4.78 is 94.4. The zero-order valence-corrected chi connectivity index (χ0v) is 55.1. The number of hydrogen-bond acceptors (Lipinski definition) is 20. The van der Waals surface area contributed by atoms with Crippen LogP contribution in [0.4, 0.5) is 34.4 Å². The summed E-state index contributed by atoms with van der Waals surface area (Å²) in [4.78, 5) is 115. The Bertz CT molecular complexity index is 3590. The predicted octanol–water partition coefficient (Wildman–Crippen LogP) is 8.03. The second kappa shape index (κ2) is 28.4. The zero-order valence-electron chi connectivity index (χ0n) is 55.1. The summed E-state index contributed by atoms with van der Waals surface area (Å²) in [6.07, 6.45) is -11.6. The monoisotopic (exact) mass is 1320 g/mol. The number of aromatic nitrogens is 4. The van der Waals surface area contributed by atoms with Gasteiger partial charge in [0.25, 0.3) is 11.8 Å². The molecule has 0 bridgehead atoms. The van der Waals surface area contributed by atoms with Gasteiger partial charge in [-0.1, -0.05) is 13.8 Å². The Hall–Kier alpha value is -8.91. The lowest BCUT2D eigenvalue weighted by atomic mass is 9.58. The summed E-state index contributed by atoms with van der Waals surface area (Å²) in [5, 5.41) is 23.7. The van der Waals surface area contributed by atoms with Crippen molar-refractivity contribution in [3.63, 3.8) is 0 Å². The molecule has 4 aromatic rings. The van der Waals surface area contributed by atoms with Crippen molar-refractivity contribution in [3.05, 3.63) is 93.6 Å². The number of amides is 4. The number of aryl methyl sites for hydroxylation is 1. The Morgan fingerprint density at radius 3 is 2.09 bits per heavy atom. The van der Waals surface area contributed by atoms with Crippen molar-refractivity contribution >= 4 is 59.5 Å². The standard InChI is InChI=1S/C65H81F3N10O16/c1-36-16-14-23-78(32-36,33-41-17-18-48(45(24-41)55(82)70-20-21-71-60(85)93-62(6,7)8)91-58-54(90-40(5)81)52(89-39(4)80)51(88-38(3)79)53(92-58)57(84)87-13)34-42-25-44-46(47(26-42)65(66,67)68)31-77(56(44)83)50-28-43(64(29-37(2)30-64)59-74-72-35-75(59)12)27-49(73-50)76(22-15-19-69)61(86)94-63(9,10)11/h17-18,24-28,35-37,51-54,58H,14-16,20-23,29-34H2,1-13H3,(H-,70,71,82,85)/p+1/t36-,37?,51-,52-,53-,54+,58+,64?,78?/m0/s1. The highest BCUT2D eigenvalue weighted by Gasteiger charge is 2.56. The number of quaternary nitrogens is 1. The lowest BCUT2D eigenvalue weighted by molar-refractivity contribution is -0.960. The first kappa shape index (κ1) is 70.9. The summed E-state index contributed by atoms with van der Waals surface area (Å²) in [6, 6.07) is 12.4. The maximum atomic E-state index is 15.8. The lowest BCUT2D eigenvalue weighted by Crippen LogP contribution is -2.64. The summed E-state index contributed by atoms with van der Waals surface area (Å²) in [7, 11) is 2.80. The fourth-order valence-electron chi connectivity index (χ4n) is 13.0. The maximum absolute atomic E-state index is 15.8. The number of piperidine rings is 1. The number of hydrogen-bond donors (Lipinski definition) is 2. The Morgan fingerprint density at radius 1 is 0.840 bits per heavy atom. The Kier molecular flexibility index (Phi) is 21.4. The van der Waals surface area contributed by atoms with Crippen molar-refractivity contribution in [2.75, 3.05) is 49.6 Å². The van der Waals surface area contributed by atoms with Gasteiger partial charge in [-0.2, -0.15) is 18.4 Å². The molecular weight excluding hydrogens is 1230 g/mol. The normalized spacial score (nSPS) is 23.5. The Labute approximate surface area is 542 Å².